The summed E-state index contributed by atoms with van der Waals surface area (Å²) in [5.41, 5.74) is 7.59. The van der Waals surface area contributed by atoms with Gasteiger partial charge in [-0.2, -0.15) is 0 Å². The van der Waals surface area contributed by atoms with Crippen LogP contribution in [0, 0.1) is 0 Å². The first-order valence-corrected chi connectivity index (χ1v) is 5.59. The van der Waals surface area contributed by atoms with Gasteiger partial charge < -0.3 is 15.6 Å². The second-order valence-corrected chi connectivity index (χ2v) is 4.50. The lowest BCUT2D eigenvalue weighted by Gasteiger charge is -2.14. The Morgan fingerprint density at radius 1 is 1.53 bits per heavy atom. The molecule has 0 saturated carbocycles. The number of aromatic hydroxyl groups is 1. The third kappa shape index (κ3) is 3.19. The van der Waals surface area contributed by atoms with Gasteiger partial charge in [-0.15, -0.1) is 0 Å². The molecule has 1 unspecified atom stereocenters. The van der Waals surface area contributed by atoms with Crippen LogP contribution in [-0.2, 0) is 17.8 Å². The maximum absolute atomic E-state index is 9.90. The standard InChI is InChI=1S/C11H16BrNO2/c1-7(13)5-9-8(6-15-2)3-4-10(12)11(9)14/h3-4,7,14H,5-6,13H2,1-2H3. The average Bonchev–Trinajstić information content (AvgIpc) is 2.17. The van der Waals surface area contributed by atoms with Crippen molar-refractivity contribution < 1.29 is 9.84 Å². The molecule has 0 radical (unpaired) electrons. The molecule has 3 nitrogen and oxygen atoms in total. The largest absolute Gasteiger partial charge is 0.506 e. The summed E-state index contributed by atoms with van der Waals surface area (Å²) in [4.78, 5) is 0. The minimum atomic E-state index is 0.0146. The van der Waals surface area contributed by atoms with Gasteiger partial charge in [0.1, 0.15) is 5.75 Å². The van der Waals surface area contributed by atoms with Crippen LogP contribution < -0.4 is 5.73 Å². The van der Waals surface area contributed by atoms with E-state index >= 15 is 0 Å². The molecule has 1 rings (SSSR count). The summed E-state index contributed by atoms with van der Waals surface area (Å²) in [6.07, 6.45) is 0.643. The zero-order valence-electron chi connectivity index (χ0n) is 8.96. The first-order valence-electron chi connectivity index (χ1n) is 4.80. The fourth-order valence-electron chi connectivity index (χ4n) is 1.49. The van der Waals surface area contributed by atoms with E-state index in [9.17, 15) is 5.11 Å². The quantitative estimate of drug-likeness (QED) is 0.884. The maximum Gasteiger partial charge on any atom is 0.133 e. The second-order valence-electron chi connectivity index (χ2n) is 3.65. The molecule has 0 aliphatic rings. The molecule has 0 aliphatic carbocycles. The first-order chi connectivity index (χ1) is 7.06. The van der Waals surface area contributed by atoms with Crippen molar-refractivity contribution in [1.29, 1.82) is 0 Å². The van der Waals surface area contributed by atoms with Crippen molar-refractivity contribution >= 4 is 15.9 Å². The van der Waals surface area contributed by atoms with Crippen LogP contribution in [0.3, 0.4) is 0 Å². The number of ether oxygens (including phenoxy) is 1. The van der Waals surface area contributed by atoms with Crippen LogP contribution >= 0.6 is 15.9 Å². The van der Waals surface area contributed by atoms with E-state index < -0.39 is 0 Å². The fraction of sp³-hybridized carbons (Fsp3) is 0.455. The lowest BCUT2D eigenvalue weighted by atomic mass is 10.0. The Bertz CT molecular complexity index is 340. The molecule has 4 heteroatoms. The molecule has 1 atom stereocenters. The van der Waals surface area contributed by atoms with E-state index in [1.54, 1.807) is 7.11 Å². The van der Waals surface area contributed by atoms with Crippen molar-refractivity contribution in [3.05, 3.63) is 27.7 Å². The number of halogens is 1. The summed E-state index contributed by atoms with van der Waals surface area (Å²) in [7, 11) is 1.63. The molecule has 1 aromatic rings. The Morgan fingerprint density at radius 2 is 2.20 bits per heavy atom. The van der Waals surface area contributed by atoms with Gasteiger partial charge in [-0.05, 0) is 40.9 Å². The molecular formula is C11H16BrNO2. The number of rotatable bonds is 4. The third-order valence-corrected chi connectivity index (χ3v) is 2.80. The van der Waals surface area contributed by atoms with Gasteiger partial charge in [0.2, 0.25) is 0 Å². The van der Waals surface area contributed by atoms with Gasteiger partial charge in [0.25, 0.3) is 0 Å². The van der Waals surface area contributed by atoms with E-state index in [0.717, 1.165) is 11.1 Å². The lowest BCUT2D eigenvalue weighted by Crippen LogP contribution is -2.19. The average molecular weight is 274 g/mol. The first kappa shape index (κ1) is 12.5. The van der Waals surface area contributed by atoms with Gasteiger partial charge in [0, 0.05) is 18.7 Å². The fourth-order valence-corrected chi connectivity index (χ4v) is 1.86. The van der Waals surface area contributed by atoms with Gasteiger partial charge in [-0.1, -0.05) is 6.07 Å². The molecule has 15 heavy (non-hydrogen) atoms. The number of benzene rings is 1. The minimum absolute atomic E-state index is 0.0146. The molecule has 0 aliphatic heterocycles. The minimum Gasteiger partial charge on any atom is -0.506 e. The lowest BCUT2D eigenvalue weighted by molar-refractivity contribution is 0.183. The predicted octanol–water partition coefficient (Wildman–Crippen LogP) is 2.19. The highest BCUT2D eigenvalue weighted by molar-refractivity contribution is 9.10. The van der Waals surface area contributed by atoms with Crippen LogP contribution in [-0.4, -0.2) is 18.3 Å². The van der Waals surface area contributed by atoms with E-state index in [1.807, 2.05) is 19.1 Å². The summed E-state index contributed by atoms with van der Waals surface area (Å²) >= 11 is 3.29. The van der Waals surface area contributed by atoms with E-state index in [0.29, 0.717) is 17.5 Å². The Labute approximate surface area is 98.4 Å². The third-order valence-electron chi connectivity index (χ3n) is 2.16. The normalized spacial score (nSPS) is 12.8. The highest BCUT2D eigenvalue weighted by Crippen LogP contribution is 2.31. The second kappa shape index (κ2) is 5.49. The highest BCUT2D eigenvalue weighted by atomic mass is 79.9. The van der Waals surface area contributed by atoms with Crippen LogP contribution in [0.4, 0.5) is 0 Å². The van der Waals surface area contributed by atoms with Crippen molar-refractivity contribution in [2.75, 3.05) is 7.11 Å². The van der Waals surface area contributed by atoms with Crippen LogP contribution in [0.15, 0.2) is 16.6 Å². The molecule has 0 spiro atoms. The summed E-state index contributed by atoms with van der Waals surface area (Å²) < 4.78 is 5.77. The van der Waals surface area contributed by atoms with Crippen molar-refractivity contribution in [3.63, 3.8) is 0 Å². The summed E-state index contributed by atoms with van der Waals surface area (Å²) in [6, 6.07) is 3.76. The number of hydrogen-bond donors (Lipinski definition) is 2. The van der Waals surface area contributed by atoms with E-state index in [4.69, 9.17) is 10.5 Å². The molecule has 3 N–H and O–H groups in total. The van der Waals surface area contributed by atoms with Gasteiger partial charge in [0.05, 0.1) is 11.1 Å². The summed E-state index contributed by atoms with van der Waals surface area (Å²) in [5.74, 6) is 0.266. The predicted molar refractivity (Wildman–Crippen MR) is 63.9 cm³/mol. The van der Waals surface area contributed by atoms with Crippen molar-refractivity contribution in [1.82, 2.24) is 0 Å². The molecule has 1 aromatic carbocycles. The van der Waals surface area contributed by atoms with Gasteiger partial charge >= 0.3 is 0 Å². The molecule has 0 saturated heterocycles. The summed E-state index contributed by atoms with van der Waals surface area (Å²) in [6.45, 7) is 2.40. The maximum atomic E-state index is 9.90. The van der Waals surface area contributed by atoms with E-state index in [-0.39, 0.29) is 11.8 Å². The van der Waals surface area contributed by atoms with Crippen molar-refractivity contribution in [2.45, 2.75) is 26.0 Å². The monoisotopic (exact) mass is 273 g/mol. The molecule has 84 valence electrons. The van der Waals surface area contributed by atoms with E-state index in [2.05, 4.69) is 15.9 Å². The molecule has 0 fully saturated rings. The van der Waals surface area contributed by atoms with Gasteiger partial charge in [-0.3, -0.25) is 0 Å². The number of hydrogen-bond acceptors (Lipinski definition) is 3. The number of phenolic OH excluding ortho intramolecular Hbond substituents is 1. The molecule has 0 aromatic heterocycles. The Hall–Kier alpha value is -0.580. The molecular weight excluding hydrogens is 258 g/mol. The number of phenols is 1. The zero-order valence-corrected chi connectivity index (χ0v) is 10.5. The van der Waals surface area contributed by atoms with Crippen LogP contribution in [0.2, 0.25) is 0 Å². The van der Waals surface area contributed by atoms with Crippen LogP contribution in [0.1, 0.15) is 18.1 Å². The molecule has 0 amide bonds. The topological polar surface area (TPSA) is 55.5 Å². The smallest absolute Gasteiger partial charge is 0.133 e. The van der Waals surface area contributed by atoms with Crippen molar-refractivity contribution in [3.8, 4) is 5.75 Å². The van der Waals surface area contributed by atoms with Gasteiger partial charge in [0.15, 0.2) is 0 Å². The van der Waals surface area contributed by atoms with Gasteiger partial charge in [-0.25, -0.2) is 0 Å². The zero-order chi connectivity index (χ0) is 11.4. The van der Waals surface area contributed by atoms with Crippen molar-refractivity contribution in [2.24, 2.45) is 5.73 Å². The molecule has 0 bridgehead atoms. The van der Waals surface area contributed by atoms with Crippen LogP contribution in [0.5, 0.6) is 5.75 Å². The Kier molecular flexibility index (Phi) is 4.57. The number of methoxy groups -OCH3 is 1. The summed E-state index contributed by atoms with van der Waals surface area (Å²) in [5, 5.41) is 9.90. The highest BCUT2D eigenvalue weighted by Gasteiger charge is 2.12. The van der Waals surface area contributed by atoms with E-state index in [1.165, 1.54) is 0 Å². The van der Waals surface area contributed by atoms with Crippen LogP contribution in [0.25, 0.3) is 0 Å². The molecule has 0 heterocycles. The Balaban J connectivity index is 3.10. The number of nitrogens with two attached hydrogens (primary N) is 1. The SMILES string of the molecule is COCc1ccc(Br)c(O)c1CC(C)N. The Morgan fingerprint density at radius 3 is 2.73 bits per heavy atom.